The van der Waals surface area contributed by atoms with E-state index in [-0.39, 0.29) is 5.56 Å². The molecule has 0 saturated carbocycles. The van der Waals surface area contributed by atoms with Crippen LogP contribution in [0.25, 0.3) is 0 Å². The standard InChI is InChI=1S/C13H22N4O/c1-3-7-17-8-4-11(5-9-17)15-12-13(18)16(2)10-6-14-12/h6,10-11H,3-5,7-9H2,1-2H3,(H,14,15). The highest BCUT2D eigenvalue weighted by Crippen LogP contribution is 2.13. The quantitative estimate of drug-likeness (QED) is 0.868. The van der Waals surface area contributed by atoms with E-state index < -0.39 is 0 Å². The normalized spacial score (nSPS) is 17.9. The minimum Gasteiger partial charge on any atom is -0.363 e. The van der Waals surface area contributed by atoms with E-state index in [1.165, 1.54) is 13.0 Å². The van der Waals surface area contributed by atoms with Crippen molar-refractivity contribution >= 4 is 5.82 Å². The van der Waals surface area contributed by atoms with Gasteiger partial charge < -0.3 is 14.8 Å². The first-order valence-electron chi connectivity index (χ1n) is 6.71. The lowest BCUT2D eigenvalue weighted by Gasteiger charge is -2.32. The van der Waals surface area contributed by atoms with E-state index in [1.54, 1.807) is 24.0 Å². The van der Waals surface area contributed by atoms with E-state index in [1.807, 2.05) is 0 Å². The largest absolute Gasteiger partial charge is 0.363 e. The van der Waals surface area contributed by atoms with Crippen LogP contribution in [-0.4, -0.2) is 40.1 Å². The first-order valence-corrected chi connectivity index (χ1v) is 6.71. The molecule has 5 nitrogen and oxygen atoms in total. The number of anilines is 1. The molecule has 0 bridgehead atoms. The second-order valence-corrected chi connectivity index (χ2v) is 4.95. The van der Waals surface area contributed by atoms with Crippen molar-refractivity contribution in [1.29, 1.82) is 0 Å². The first-order chi connectivity index (χ1) is 8.70. The molecule has 1 aliphatic heterocycles. The molecule has 1 aromatic heterocycles. The molecule has 1 N–H and O–H groups in total. The monoisotopic (exact) mass is 250 g/mol. The third kappa shape index (κ3) is 3.10. The average Bonchev–Trinajstić information content (AvgIpc) is 2.38. The number of rotatable bonds is 4. The van der Waals surface area contributed by atoms with E-state index in [0.29, 0.717) is 11.9 Å². The molecular weight excluding hydrogens is 228 g/mol. The molecule has 18 heavy (non-hydrogen) atoms. The maximum atomic E-state index is 11.8. The van der Waals surface area contributed by atoms with Gasteiger partial charge in [-0.15, -0.1) is 0 Å². The lowest BCUT2D eigenvalue weighted by atomic mass is 10.1. The van der Waals surface area contributed by atoms with E-state index >= 15 is 0 Å². The second-order valence-electron chi connectivity index (χ2n) is 4.95. The van der Waals surface area contributed by atoms with Crippen molar-refractivity contribution in [3.63, 3.8) is 0 Å². The van der Waals surface area contributed by atoms with Gasteiger partial charge in [0.25, 0.3) is 5.56 Å². The Morgan fingerprint density at radius 3 is 2.83 bits per heavy atom. The summed E-state index contributed by atoms with van der Waals surface area (Å²) in [5.74, 6) is 0.481. The van der Waals surface area contributed by atoms with Gasteiger partial charge in [-0.25, -0.2) is 4.98 Å². The Morgan fingerprint density at radius 2 is 2.17 bits per heavy atom. The zero-order chi connectivity index (χ0) is 13.0. The fourth-order valence-electron chi connectivity index (χ4n) is 2.41. The number of hydrogen-bond donors (Lipinski definition) is 1. The molecule has 1 saturated heterocycles. The van der Waals surface area contributed by atoms with Crippen LogP contribution in [0.15, 0.2) is 17.2 Å². The molecule has 0 atom stereocenters. The molecule has 5 heteroatoms. The molecule has 0 amide bonds. The van der Waals surface area contributed by atoms with Crippen molar-refractivity contribution in [2.75, 3.05) is 25.0 Å². The predicted molar refractivity (Wildman–Crippen MR) is 72.9 cm³/mol. The fraction of sp³-hybridized carbons (Fsp3) is 0.692. The Hall–Kier alpha value is -1.36. The molecule has 1 aliphatic rings. The summed E-state index contributed by atoms with van der Waals surface area (Å²) in [4.78, 5) is 18.4. The summed E-state index contributed by atoms with van der Waals surface area (Å²) in [6, 6.07) is 0.376. The summed E-state index contributed by atoms with van der Waals surface area (Å²) in [5.41, 5.74) is -0.0477. The number of hydrogen-bond acceptors (Lipinski definition) is 4. The number of likely N-dealkylation sites (tertiary alicyclic amines) is 1. The first kappa shape index (κ1) is 13.1. The van der Waals surface area contributed by atoms with Gasteiger partial charge in [-0.2, -0.15) is 0 Å². The fourth-order valence-corrected chi connectivity index (χ4v) is 2.41. The molecular formula is C13H22N4O. The van der Waals surface area contributed by atoms with Crippen molar-refractivity contribution in [2.24, 2.45) is 7.05 Å². The molecule has 0 aliphatic carbocycles. The number of aromatic nitrogens is 2. The van der Waals surface area contributed by atoms with Gasteiger partial charge in [0.2, 0.25) is 0 Å². The predicted octanol–water partition coefficient (Wildman–Crippen LogP) is 1.07. The van der Waals surface area contributed by atoms with Gasteiger partial charge in [0.1, 0.15) is 0 Å². The van der Waals surface area contributed by atoms with Crippen molar-refractivity contribution in [3.05, 3.63) is 22.7 Å². The summed E-state index contributed by atoms with van der Waals surface area (Å²) in [6.07, 6.45) is 6.71. The third-order valence-corrected chi connectivity index (χ3v) is 3.49. The van der Waals surface area contributed by atoms with Crippen molar-refractivity contribution in [2.45, 2.75) is 32.2 Å². The number of aryl methyl sites for hydroxylation is 1. The van der Waals surface area contributed by atoms with Crippen LogP contribution >= 0.6 is 0 Å². The molecule has 1 fully saturated rings. The van der Waals surface area contributed by atoms with Crippen LogP contribution in [0.5, 0.6) is 0 Å². The molecule has 0 spiro atoms. The van der Waals surface area contributed by atoms with Gasteiger partial charge >= 0.3 is 0 Å². The molecule has 100 valence electrons. The van der Waals surface area contributed by atoms with Crippen molar-refractivity contribution in [3.8, 4) is 0 Å². The van der Waals surface area contributed by atoms with Crippen LogP contribution in [0.3, 0.4) is 0 Å². The summed E-state index contributed by atoms with van der Waals surface area (Å²) in [6.45, 7) is 5.61. The van der Waals surface area contributed by atoms with E-state index in [9.17, 15) is 4.79 Å². The second kappa shape index (κ2) is 6.00. The zero-order valence-corrected chi connectivity index (χ0v) is 11.2. The highest BCUT2D eigenvalue weighted by atomic mass is 16.1. The van der Waals surface area contributed by atoms with E-state index in [0.717, 1.165) is 25.9 Å². The minimum absolute atomic E-state index is 0.0477. The lowest BCUT2D eigenvalue weighted by molar-refractivity contribution is 0.219. The van der Waals surface area contributed by atoms with Gasteiger partial charge in [0.15, 0.2) is 5.82 Å². The maximum absolute atomic E-state index is 11.8. The Bertz CT molecular complexity index is 435. The summed E-state index contributed by atoms with van der Waals surface area (Å²) in [7, 11) is 1.75. The molecule has 0 radical (unpaired) electrons. The van der Waals surface area contributed by atoms with Gasteiger partial charge in [0, 0.05) is 38.6 Å². The number of nitrogens with zero attached hydrogens (tertiary/aromatic N) is 3. The summed E-state index contributed by atoms with van der Waals surface area (Å²) in [5, 5.41) is 3.28. The van der Waals surface area contributed by atoms with Crippen molar-refractivity contribution in [1.82, 2.24) is 14.5 Å². The topological polar surface area (TPSA) is 50.2 Å². The van der Waals surface area contributed by atoms with Crippen LogP contribution < -0.4 is 10.9 Å². The van der Waals surface area contributed by atoms with Crippen LogP contribution in [-0.2, 0) is 7.05 Å². The zero-order valence-electron chi connectivity index (χ0n) is 11.2. The van der Waals surface area contributed by atoms with Crippen LogP contribution in [0.4, 0.5) is 5.82 Å². The van der Waals surface area contributed by atoms with Gasteiger partial charge in [-0.3, -0.25) is 4.79 Å². The Labute approximate surface area is 108 Å². The minimum atomic E-state index is -0.0477. The highest BCUT2D eigenvalue weighted by molar-refractivity contribution is 5.32. The van der Waals surface area contributed by atoms with Crippen LogP contribution in [0, 0.1) is 0 Å². The molecule has 1 aromatic rings. The SMILES string of the molecule is CCCN1CCC(Nc2nccn(C)c2=O)CC1. The van der Waals surface area contributed by atoms with Crippen LogP contribution in [0.1, 0.15) is 26.2 Å². The number of nitrogens with one attached hydrogen (secondary N) is 1. The highest BCUT2D eigenvalue weighted by Gasteiger charge is 2.19. The van der Waals surface area contributed by atoms with E-state index in [2.05, 4.69) is 22.1 Å². The molecule has 2 heterocycles. The molecule has 0 unspecified atom stereocenters. The Morgan fingerprint density at radius 1 is 1.44 bits per heavy atom. The average molecular weight is 250 g/mol. The Kier molecular flexibility index (Phi) is 4.36. The lowest BCUT2D eigenvalue weighted by Crippen LogP contribution is -2.40. The smallest absolute Gasteiger partial charge is 0.293 e. The number of piperidine rings is 1. The maximum Gasteiger partial charge on any atom is 0.293 e. The summed E-state index contributed by atoms with van der Waals surface area (Å²) < 4.78 is 1.56. The van der Waals surface area contributed by atoms with E-state index in [4.69, 9.17) is 0 Å². The third-order valence-electron chi connectivity index (χ3n) is 3.49. The van der Waals surface area contributed by atoms with Crippen LogP contribution in [0.2, 0.25) is 0 Å². The summed E-state index contributed by atoms with van der Waals surface area (Å²) >= 11 is 0. The van der Waals surface area contributed by atoms with Gasteiger partial charge in [0.05, 0.1) is 0 Å². The molecule has 2 rings (SSSR count). The van der Waals surface area contributed by atoms with Crippen molar-refractivity contribution < 1.29 is 0 Å². The molecule has 0 aromatic carbocycles. The Balaban J connectivity index is 1.92. The van der Waals surface area contributed by atoms with Gasteiger partial charge in [-0.1, -0.05) is 6.92 Å². The van der Waals surface area contributed by atoms with Gasteiger partial charge in [-0.05, 0) is 25.8 Å².